The van der Waals surface area contributed by atoms with Crippen molar-refractivity contribution in [1.82, 2.24) is 4.98 Å². The first-order valence-corrected chi connectivity index (χ1v) is 7.54. The van der Waals surface area contributed by atoms with Crippen LogP contribution in [0.4, 0.5) is 0 Å². The zero-order chi connectivity index (χ0) is 14.3. The molecule has 0 atom stereocenters. The van der Waals surface area contributed by atoms with E-state index in [9.17, 15) is 0 Å². The maximum absolute atomic E-state index is 3.49. The number of nitrogens with one attached hydrogen (secondary N) is 1. The topological polar surface area (TPSA) is 15.8 Å². The van der Waals surface area contributed by atoms with Gasteiger partial charge in [0.2, 0.25) is 0 Å². The van der Waals surface area contributed by atoms with Gasteiger partial charge < -0.3 is 4.98 Å². The van der Waals surface area contributed by atoms with Crippen LogP contribution in [0.5, 0.6) is 0 Å². The number of aromatic nitrogens is 1. The lowest BCUT2D eigenvalue weighted by Gasteiger charge is -2.03. The van der Waals surface area contributed by atoms with Gasteiger partial charge in [0.25, 0.3) is 0 Å². The van der Waals surface area contributed by atoms with Gasteiger partial charge in [-0.25, -0.2) is 0 Å². The number of benzene rings is 1. The van der Waals surface area contributed by atoms with E-state index >= 15 is 0 Å². The van der Waals surface area contributed by atoms with Crippen LogP contribution in [0.3, 0.4) is 0 Å². The smallest absolute Gasteiger partial charge is 0.0462 e. The second kappa shape index (κ2) is 7.83. The van der Waals surface area contributed by atoms with Crippen LogP contribution >= 0.6 is 0 Å². The fourth-order valence-corrected chi connectivity index (χ4v) is 2.20. The van der Waals surface area contributed by atoms with E-state index in [1.54, 1.807) is 0 Å². The molecule has 1 nitrogen and oxygen atoms in total. The van der Waals surface area contributed by atoms with E-state index in [0.29, 0.717) is 0 Å². The summed E-state index contributed by atoms with van der Waals surface area (Å²) in [4.78, 5) is 3.49. The first-order valence-electron chi connectivity index (χ1n) is 7.54. The zero-order valence-corrected chi connectivity index (χ0v) is 13.0. The molecule has 3 rings (SSSR count). The number of hydrogen-bond acceptors (Lipinski definition) is 0. The summed E-state index contributed by atoms with van der Waals surface area (Å²) in [5.41, 5.74) is 5.40. The van der Waals surface area contributed by atoms with Gasteiger partial charge in [-0.2, -0.15) is 0 Å². The van der Waals surface area contributed by atoms with Crippen molar-refractivity contribution < 1.29 is 0 Å². The van der Waals surface area contributed by atoms with Gasteiger partial charge in [-0.1, -0.05) is 57.9 Å². The Balaban J connectivity index is 0.000000321. The average molecular weight is 257 g/mol. The SMILES string of the molecule is CC.CCC.Cc1ccc2[nH]c3c(c2c1)C=CCC3. The van der Waals surface area contributed by atoms with Gasteiger partial charge in [0, 0.05) is 22.2 Å². The summed E-state index contributed by atoms with van der Waals surface area (Å²) < 4.78 is 0. The van der Waals surface area contributed by atoms with Crippen LogP contribution in [0.25, 0.3) is 17.0 Å². The monoisotopic (exact) mass is 257 g/mol. The van der Waals surface area contributed by atoms with Crippen LogP contribution in [0.2, 0.25) is 0 Å². The molecule has 0 saturated heterocycles. The van der Waals surface area contributed by atoms with Crippen LogP contribution in [0.15, 0.2) is 24.3 Å². The third kappa shape index (κ3) is 3.73. The molecule has 0 saturated carbocycles. The minimum atomic E-state index is 1.15. The predicted octanol–water partition coefficient (Wildman–Crippen LogP) is 5.88. The highest BCUT2D eigenvalue weighted by atomic mass is 14.7. The quantitative estimate of drug-likeness (QED) is 0.606. The molecule has 0 unspecified atom stereocenters. The van der Waals surface area contributed by atoms with Gasteiger partial charge in [-0.15, -0.1) is 0 Å². The van der Waals surface area contributed by atoms with Crippen LogP contribution in [-0.2, 0) is 6.42 Å². The van der Waals surface area contributed by atoms with Crippen molar-refractivity contribution >= 4 is 17.0 Å². The van der Waals surface area contributed by atoms with Gasteiger partial charge >= 0.3 is 0 Å². The van der Waals surface area contributed by atoms with Crippen molar-refractivity contribution in [3.63, 3.8) is 0 Å². The van der Waals surface area contributed by atoms with Crippen LogP contribution < -0.4 is 0 Å². The summed E-state index contributed by atoms with van der Waals surface area (Å²) in [5, 5.41) is 1.37. The highest BCUT2D eigenvalue weighted by Gasteiger charge is 2.10. The normalized spacial score (nSPS) is 12.1. The van der Waals surface area contributed by atoms with E-state index in [4.69, 9.17) is 0 Å². The number of aromatic amines is 1. The molecule has 0 radical (unpaired) electrons. The first kappa shape index (κ1) is 15.6. The Hall–Kier alpha value is -1.50. The van der Waals surface area contributed by atoms with Crippen molar-refractivity contribution in [3.8, 4) is 0 Å². The van der Waals surface area contributed by atoms with Crippen LogP contribution in [0, 0.1) is 6.92 Å². The molecular weight excluding hydrogens is 230 g/mol. The predicted molar refractivity (Wildman–Crippen MR) is 87.7 cm³/mol. The Morgan fingerprint density at radius 3 is 2.53 bits per heavy atom. The summed E-state index contributed by atoms with van der Waals surface area (Å²) in [7, 11) is 0. The molecule has 1 aliphatic rings. The van der Waals surface area contributed by atoms with Gasteiger partial charge in [0.05, 0.1) is 0 Å². The molecule has 0 aliphatic heterocycles. The lowest BCUT2D eigenvalue weighted by atomic mass is 10.0. The summed E-state index contributed by atoms with van der Waals surface area (Å²) in [6.45, 7) is 10.4. The lowest BCUT2D eigenvalue weighted by Crippen LogP contribution is -1.90. The molecule has 1 aromatic carbocycles. The van der Waals surface area contributed by atoms with Crippen molar-refractivity contribution in [3.05, 3.63) is 41.1 Å². The Bertz CT molecular complexity index is 532. The fraction of sp³-hybridized carbons (Fsp3) is 0.444. The van der Waals surface area contributed by atoms with E-state index < -0.39 is 0 Å². The molecule has 0 spiro atoms. The van der Waals surface area contributed by atoms with Crippen LogP contribution in [0.1, 0.15) is 57.4 Å². The number of aryl methyl sites for hydroxylation is 2. The number of rotatable bonds is 0. The Labute approximate surface area is 117 Å². The van der Waals surface area contributed by atoms with E-state index in [0.717, 1.165) is 6.42 Å². The van der Waals surface area contributed by atoms with Crippen LogP contribution in [-0.4, -0.2) is 4.98 Å². The maximum atomic E-state index is 3.49. The van der Waals surface area contributed by atoms with E-state index in [1.165, 1.54) is 40.6 Å². The largest absolute Gasteiger partial charge is 0.358 e. The number of fused-ring (bicyclic) bond motifs is 3. The molecule has 1 N–H and O–H groups in total. The summed E-state index contributed by atoms with van der Waals surface area (Å²) >= 11 is 0. The second-order valence-electron chi connectivity index (χ2n) is 4.71. The minimum absolute atomic E-state index is 1.15. The molecule has 0 bridgehead atoms. The molecule has 104 valence electrons. The molecule has 1 aliphatic carbocycles. The third-order valence-electron chi connectivity index (χ3n) is 2.92. The van der Waals surface area contributed by atoms with Crippen molar-refractivity contribution in [2.24, 2.45) is 0 Å². The van der Waals surface area contributed by atoms with E-state index in [1.807, 2.05) is 13.8 Å². The van der Waals surface area contributed by atoms with Crippen molar-refractivity contribution in [2.75, 3.05) is 0 Å². The molecule has 1 aromatic heterocycles. The standard InChI is InChI=1S/C13H13N.C3H8.C2H6/c1-9-6-7-13-11(8-9)10-4-2-3-5-12(10)14-13;1-3-2;1-2/h2,4,6-8,14H,3,5H2,1H3;3H2,1-2H3;1-2H3. The minimum Gasteiger partial charge on any atom is -0.358 e. The molecule has 0 amide bonds. The summed E-state index contributed by atoms with van der Waals surface area (Å²) in [5.74, 6) is 0. The number of hydrogen-bond donors (Lipinski definition) is 1. The summed E-state index contributed by atoms with van der Waals surface area (Å²) in [6.07, 6.45) is 8.08. The number of H-pyrrole nitrogens is 1. The van der Waals surface area contributed by atoms with Gasteiger partial charge in [-0.3, -0.25) is 0 Å². The Morgan fingerprint density at radius 2 is 1.84 bits per heavy atom. The Kier molecular flexibility index (Phi) is 6.41. The molecule has 0 fully saturated rings. The highest BCUT2D eigenvalue weighted by Crippen LogP contribution is 2.28. The fourth-order valence-electron chi connectivity index (χ4n) is 2.20. The third-order valence-corrected chi connectivity index (χ3v) is 2.92. The number of allylic oxidation sites excluding steroid dienone is 1. The van der Waals surface area contributed by atoms with E-state index in [2.05, 4.69) is 56.1 Å². The van der Waals surface area contributed by atoms with Gasteiger partial charge in [0.1, 0.15) is 0 Å². The van der Waals surface area contributed by atoms with Gasteiger partial charge in [-0.05, 0) is 31.9 Å². The second-order valence-corrected chi connectivity index (χ2v) is 4.71. The lowest BCUT2D eigenvalue weighted by molar-refractivity contribution is 0.951. The first-order chi connectivity index (χ1) is 9.26. The van der Waals surface area contributed by atoms with E-state index in [-0.39, 0.29) is 0 Å². The Morgan fingerprint density at radius 1 is 1.16 bits per heavy atom. The molecule has 1 heteroatoms. The molecular formula is C18H27N. The van der Waals surface area contributed by atoms with Crippen molar-refractivity contribution in [2.45, 2.75) is 53.9 Å². The van der Waals surface area contributed by atoms with Crippen molar-refractivity contribution in [1.29, 1.82) is 0 Å². The molecule has 19 heavy (non-hydrogen) atoms. The maximum Gasteiger partial charge on any atom is 0.0462 e. The zero-order valence-electron chi connectivity index (χ0n) is 13.0. The average Bonchev–Trinajstić information content (AvgIpc) is 2.80. The summed E-state index contributed by atoms with van der Waals surface area (Å²) in [6, 6.07) is 6.60. The molecule has 2 aromatic rings. The molecule has 1 heterocycles. The highest BCUT2D eigenvalue weighted by molar-refractivity contribution is 5.91. The van der Waals surface area contributed by atoms with Gasteiger partial charge in [0.15, 0.2) is 0 Å².